The molecule has 2 heterocycles. The topological polar surface area (TPSA) is 27.3 Å². The highest BCUT2D eigenvalue weighted by Crippen LogP contribution is 1.85. The lowest BCUT2D eigenvalue weighted by molar-refractivity contribution is 0.305. The van der Waals surface area contributed by atoms with Gasteiger partial charge in [-0.05, 0) is 24.3 Å². The van der Waals surface area contributed by atoms with Crippen LogP contribution in [0.5, 0.6) is 0 Å². The lowest BCUT2D eigenvalue weighted by atomic mass is 10.7. The molecule has 2 aromatic heterocycles. The predicted octanol–water partition coefficient (Wildman–Crippen LogP) is 2.35. The third kappa shape index (κ3) is 3.16. The molecule has 2 aromatic rings. The Morgan fingerprint density at radius 2 is 1.58 bits per heavy atom. The number of furan rings is 1. The summed E-state index contributed by atoms with van der Waals surface area (Å²) in [7, 11) is 0. The molecular formula is C8H8ClNO2. The molecule has 0 saturated heterocycles. The minimum Gasteiger partial charge on any atom is -0.473 e. The predicted molar refractivity (Wildman–Crippen MR) is 45.6 cm³/mol. The smallest absolute Gasteiger partial charge is 0.165 e. The Hall–Kier alpha value is -1.35. The maximum Gasteiger partial charge on any atom is 0.165 e. The minimum absolute atomic E-state index is 1.39. The monoisotopic (exact) mass is 185 g/mol. The number of hydrogen-bond donors (Lipinski definition) is 0. The van der Waals surface area contributed by atoms with Gasteiger partial charge in [-0.25, -0.2) is 0 Å². The Morgan fingerprint density at radius 3 is 1.83 bits per heavy atom. The fourth-order valence-electron chi connectivity index (χ4n) is 0.592. The van der Waals surface area contributed by atoms with E-state index in [1.807, 2.05) is 24.3 Å². The van der Waals surface area contributed by atoms with E-state index in [-0.39, 0.29) is 0 Å². The van der Waals surface area contributed by atoms with Gasteiger partial charge in [-0.15, -0.1) is 0 Å². The number of rotatable bonds is 1. The van der Waals surface area contributed by atoms with Crippen LogP contribution < -0.4 is 4.39 Å². The second-order valence-electron chi connectivity index (χ2n) is 1.91. The Morgan fingerprint density at radius 1 is 1.00 bits per heavy atom. The van der Waals surface area contributed by atoms with E-state index >= 15 is 0 Å². The highest BCUT2D eigenvalue weighted by molar-refractivity contribution is 6.07. The zero-order chi connectivity index (χ0) is 8.65. The highest BCUT2D eigenvalue weighted by atomic mass is 35.5. The summed E-state index contributed by atoms with van der Waals surface area (Å²) in [4.78, 5) is 0. The molecule has 0 aliphatic carbocycles. The lowest BCUT2D eigenvalue weighted by Gasteiger charge is -1.88. The molecule has 0 atom stereocenters. The van der Waals surface area contributed by atoms with Crippen molar-refractivity contribution in [2.24, 2.45) is 0 Å². The molecule has 0 saturated carbocycles. The number of halogens is 1. The van der Waals surface area contributed by atoms with Crippen molar-refractivity contribution >= 4 is 11.9 Å². The van der Waals surface area contributed by atoms with Crippen molar-refractivity contribution < 1.29 is 8.81 Å². The Bertz CT molecular complexity index is 248. The van der Waals surface area contributed by atoms with Gasteiger partial charge in [0.25, 0.3) is 0 Å². The van der Waals surface area contributed by atoms with Crippen molar-refractivity contribution in [3.8, 4) is 0 Å². The Kier molecular flexibility index (Phi) is 3.88. The second-order valence-corrected chi connectivity index (χ2v) is 2.04. The Labute approximate surface area is 75.3 Å². The summed E-state index contributed by atoms with van der Waals surface area (Å²) in [5.41, 5.74) is 0. The van der Waals surface area contributed by atoms with Gasteiger partial charge in [0.15, 0.2) is 11.9 Å². The molecule has 4 heteroatoms. The first kappa shape index (κ1) is 8.74. The van der Waals surface area contributed by atoms with Crippen molar-refractivity contribution in [3.63, 3.8) is 0 Å². The van der Waals surface area contributed by atoms with Gasteiger partial charge < -0.3 is 4.42 Å². The van der Waals surface area contributed by atoms with Gasteiger partial charge in [0.05, 0.1) is 12.5 Å². The zero-order valence-corrected chi connectivity index (χ0v) is 7.02. The van der Waals surface area contributed by atoms with Gasteiger partial charge in [0.1, 0.15) is 0 Å². The largest absolute Gasteiger partial charge is 0.473 e. The SMILES string of the molecule is ClOn1cccc1.c1ccoc1. The minimum atomic E-state index is 1.39. The molecule has 64 valence electrons. The Balaban J connectivity index is 0.000000127. The summed E-state index contributed by atoms with van der Waals surface area (Å²) in [5, 5.41) is 0. The molecule has 0 N–H and O–H groups in total. The van der Waals surface area contributed by atoms with Gasteiger partial charge >= 0.3 is 0 Å². The van der Waals surface area contributed by atoms with Crippen LogP contribution in [0.4, 0.5) is 0 Å². The van der Waals surface area contributed by atoms with Gasteiger partial charge in [-0.1, -0.05) is 0 Å². The molecule has 3 nitrogen and oxygen atoms in total. The molecule has 0 aliphatic rings. The van der Waals surface area contributed by atoms with Crippen LogP contribution >= 0.6 is 11.9 Å². The summed E-state index contributed by atoms with van der Waals surface area (Å²) < 4.78 is 10.2. The second kappa shape index (κ2) is 5.32. The van der Waals surface area contributed by atoms with E-state index in [4.69, 9.17) is 11.9 Å². The number of aromatic nitrogens is 1. The van der Waals surface area contributed by atoms with E-state index in [2.05, 4.69) is 8.81 Å². The number of hydrogen-bond acceptors (Lipinski definition) is 2. The highest BCUT2D eigenvalue weighted by Gasteiger charge is 1.78. The van der Waals surface area contributed by atoms with Crippen LogP contribution in [-0.4, -0.2) is 4.73 Å². The fraction of sp³-hybridized carbons (Fsp3) is 0. The molecule has 0 radical (unpaired) electrons. The molecule has 0 aromatic carbocycles. The molecule has 2 rings (SSSR count). The van der Waals surface area contributed by atoms with E-state index < -0.39 is 0 Å². The first-order valence-corrected chi connectivity index (χ1v) is 3.63. The average molecular weight is 186 g/mol. The summed E-state index contributed by atoms with van der Waals surface area (Å²) in [5.74, 6) is 0. The maximum absolute atomic E-state index is 4.93. The summed E-state index contributed by atoms with van der Waals surface area (Å²) in [6.07, 6.45) is 6.65. The van der Waals surface area contributed by atoms with Gasteiger partial charge in [-0.3, -0.25) is 4.39 Å². The molecule has 12 heavy (non-hydrogen) atoms. The maximum atomic E-state index is 4.93. The van der Waals surface area contributed by atoms with Crippen LogP contribution in [0.25, 0.3) is 0 Å². The van der Waals surface area contributed by atoms with E-state index in [1.54, 1.807) is 24.9 Å². The quantitative estimate of drug-likeness (QED) is 0.682. The molecule has 0 bridgehead atoms. The van der Waals surface area contributed by atoms with Crippen molar-refractivity contribution in [2.45, 2.75) is 0 Å². The summed E-state index contributed by atoms with van der Waals surface area (Å²) in [6.45, 7) is 0. The van der Waals surface area contributed by atoms with E-state index in [0.717, 1.165) is 0 Å². The first-order chi connectivity index (χ1) is 5.93. The first-order valence-electron chi connectivity index (χ1n) is 3.32. The summed E-state index contributed by atoms with van der Waals surface area (Å²) >= 11 is 4.93. The summed E-state index contributed by atoms with van der Waals surface area (Å²) in [6, 6.07) is 7.31. The average Bonchev–Trinajstić information content (AvgIpc) is 2.81. The molecule has 0 spiro atoms. The molecule has 0 amide bonds. The fourth-order valence-corrected chi connectivity index (χ4v) is 0.684. The van der Waals surface area contributed by atoms with Crippen molar-refractivity contribution in [2.75, 3.05) is 0 Å². The standard InChI is InChI=1S/C4H4ClNO.C4H4O/c5-7-6-3-1-2-4-6;1-2-4-5-3-1/h1-4H;1-4H. The lowest BCUT2D eigenvalue weighted by Crippen LogP contribution is -1.93. The van der Waals surface area contributed by atoms with Gasteiger partial charge in [0.2, 0.25) is 0 Å². The number of nitrogens with zero attached hydrogens (tertiary/aromatic N) is 1. The van der Waals surface area contributed by atoms with Crippen LogP contribution in [0.15, 0.2) is 53.6 Å². The van der Waals surface area contributed by atoms with Crippen LogP contribution in [0.1, 0.15) is 0 Å². The van der Waals surface area contributed by atoms with Gasteiger partial charge in [0, 0.05) is 12.4 Å². The van der Waals surface area contributed by atoms with Crippen LogP contribution in [0.3, 0.4) is 0 Å². The third-order valence-electron chi connectivity index (χ3n) is 1.08. The van der Waals surface area contributed by atoms with Crippen molar-refractivity contribution in [3.05, 3.63) is 49.2 Å². The van der Waals surface area contributed by atoms with E-state index in [1.165, 1.54) is 4.73 Å². The molecule has 0 unspecified atom stereocenters. The molecule has 0 fully saturated rings. The van der Waals surface area contributed by atoms with E-state index in [9.17, 15) is 0 Å². The van der Waals surface area contributed by atoms with Crippen molar-refractivity contribution in [1.29, 1.82) is 0 Å². The van der Waals surface area contributed by atoms with Crippen LogP contribution in [0, 0.1) is 0 Å². The van der Waals surface area contributed by atoms with E-state index in [0.29, 0.717) is 0 Å². The zero-order valence-electron chi connectivity index (χ0n) is 6.26. The normalized spacial score (nSPS) is 8.42. The third-order valence-corrected chi connectivity index (χ3v) is 1.24. The van der Waals surface area contributed by atoms with Crippen LogP contribution in [0.2, 0.25) is 0 Å². The van der Waals surface area contributed by atoms with Crippen molar-refractivity contribution in [1.82, 2.24) is 4.73 Å². The molecule has 0 aliphatic heterocycles. The molecular weight excluding hydrogens is 178 g/mol. The van der Waals surface area contributed by atoms with Gasteiger partial charge in [-0.2, -0.15) is 4.73 Å². The van der Waals surface area contributed by atoms with Crippen LogP contribution in [-0.2, 0) is 0 Å².